The fourth-order valence-corrected chi connectivity index (χ4v) is 4.25. The standard InChI is InChI=1S/C13H18FNO3S/c1-10-5-3-4-8-15(10)19(16,17)13-7-6-11(14)9-12(13)18-2/h6-7,9-10H,3-5,8H2,1-2H3/t10-/m1/s1. The lowest BCUT2D eigenvalue weighted by molar-refractivity contribution is 0.267. The van der Waals surface area contributed by atoms with E-state index in [9.17, 15) is 12.8 Å². The van der Waals surface area contributed by atoms with Crippen molar-refractivity contribution in [3.8, 4) is 5.75 Å². The van der Waals surface area contributed by atoms with Gasteiger partial charge in [-0.2, -0.15) is 4.31 Å². The van der Waals surface area contributed by atoms with Crippen molar-refractivity contribution in [1.82, 2.24) is 4.31 Å². The van der Waals surface area contributed by atoms with Gasteiger partial charge in [0.05, 0.1) is 7.11 Å². The first-order chi connectivity index (χ1) is 8.96. The summed E-state index contributed by atoms with van der Waals surface area (Å²) in [5, 5.41) is 0. The summed E-state index contributed by atoms with van der Waals surface area (Å²) in [5.41, 5.74) is 0. The minimum Gasteiger partial charge on any atom is -0.495 e. The van der Waals surface area contributed by atoms with Crippen LogP contribution in [0.4, 0.5) is 4.39 Å². The summed E-state index contributed by atoms with van der Waals surface area (Å²) in [6.45, 7) is 2.40. The number of sulfonamides is 1. The zero-order chi connectivity index (χ0) is 14.0. The number of rotatable bonds is 3. The van der Waals surface area contributed by atoms with E-state index in [1.165, 1.54) is 17.5 Å². The van der Waals surface area contributed by atoms with Gasteiger partial charge in [0, 0.05) is 18.7 Å². The Balaban J connectivity index is 2.44. The molecule has 1 aliphatic rings. The molecule has 106 valence electrons. The molecule has 1 fully saturated rings. The Labute approximate surface area is 113 Å². The fourth-order valence-electron chi connectivity index (χ4n) is 2.41. The number of ether oxygens (including phenoxy) is 1. The monoisotopic (exact) mass is 287 g/mol. The van der Waals surface area contributed by atoms with E-state index < -0.39 is 15.8 Å². The second kappa shape index (κ2) is 5.46. The Morgan fingerprint density at radius 3 is 2.74 bits per heavy atom. The number of methoxy groups -OCH3 is 1. The Morgan fingerprint density at radius 1 is 1.37 bits per heavy atom. The average Bonchev–Trinajstić information content (AvgIpc) is 2.38. The molecule has 4 nitrogen and oxygen atoms in total. The first-order valence-corrected chi connectivity index (χ1v) is 7.76. The third-order valence-corrected chi connectivity index (χ3v) is 5.51. The molecule has 0 radical (unpaired) electrons. The van der Waals surface area contributed by atoms with Gasteiger partial charge < -0.3 is 4.74 Å². The number of halogens is 1. The van der Waals surface area contributed by atoms with E-state index in [1.807, 2.05) is 6.92 Å². The molecular weight excluding hydrogens is 269 g/mol. The molecule has 1 aromatic carbocycles. The summed E-state index contributed by atoms with van der Waals surface area (Å²) in [6.07, 6.45) is 2.74. The highest BCUT2D eigenvalue weighted by Gasteiger charge is 2.33. The summed E-state index contributed by atoms with van der Waals surface area (Å²) < 4.78 is 44.8. The fraction of sp³-hybridized carbons (Fsp3) is 0.538. The molecule has 2 rings (SSSR count). The molecule has 0 aliphatic carbocycles. The molecule has 19 heavy (non-hydrogen) atoms. The number of hydrogen-bond acceptors (Lipinski definition) is 3. The summed E-state index contributed by atoms with van der Waals surface area (Å²) in [7, 11) is -2.29. The normalized spacial score (nSPS) is 21.3. The maximum atomic E-state index is 13.2. The van der Waals surface area contributed by atoms with Crippen LogP contribution >= 0.6 is 0 Å². The predicted octanol–water partition coefficient (Wildman–Crippen LogP) is 2.40. The van der Waals surface area contributed by atoms with Crippen molar-refractivity contribution in [3.63, 3.8) is 0 Å². The van der Waals surface area contributed by atoms with Crippen molar-refractivity contribution in [1.29, 1.82) is 0 Å². The topological polar surface area (TPSA) is 46.6 Å². The third kappa shape index (κ3) is 2.74. The molecule has 0 N–H and O–H groups in total. The van der Waals surface area contributed by atoms with Crippen molar-refractivity contribution in [2.75, 3.05) is 13.7 Å². The number of benzene rings is 1. The Kier molecular flexibility index (Phi) is 4.10. The van der Waals surface area contributed by atoms with Crippen molar-refractivity contribution in [2.24, 2.45) is 0 Å². The lowest BCUT2D eigenvalue weighted by atomic mass is 10.1. The smallest absolute Gasteiger partial charge is 0.247 e. The summed E-state index contributed by atoms with van der Waals surface area (Å²) in [4.78, 5) is 0.0325. The molecule has 1 aliphatic heterocycles. The first-order valence-electron chi connectivity index (χ1n) is 6.32. The van der Waals surface area contributed by atoms with Crippen LogP contribution in [0.3, 0.4) is 0 Å². The minimum absolute atomic E-state index is 0.0325. The van der Waals surface area contributed by atoms with Gasteiger partial charge in [0.15, 0.2) is 0 Å². The van der Waals surface area contributed by atoms with E-state index in [0.717, 1.165) is 31.4 Å². The van der Waals surface area contributed by atoms with Gasteiger partial charge in [-0.15, -0.1) is 0 Å². The number of hydrogen-bond donors (Lipinski definition) is 0. The molecule has 0 bridgehead atoms. The summed E-state index contributed by atoms with van der Waals surface area (Å²) >= 11 is 0. The van der Waals surface area contributed by atoms with Crippen LogP contribution in [0.1, 0.15) is 26.2 Å². The van der Waals surface area contributed by atoms with Gasteiger partial charge in [0.25, 0.3) is 0 Å². The number of nitrogens with zero attached hydrogens (tertiary/aromatic N) is 1. The molecule has 1 saturated heterocycles. The van der Waals surface area contributed by atoms with E-state index in [-0.39, 0.29) is 16.7 Å². The Morgan fingerprint density at radius 2 is 2.11 bits per heavy atom. The van der Waals surface area contributed by atoms with Gasteiger partial charge >= 0.3 is 0 Å². The van der Waals surface area contributed by atoms with E-state index in [4.69, 9.17) is 4.74 Å². The minimum atomic E-state index is -3.63. The van der Waals surface area contributed by atoms with Crippen LogP contribution in [0.25, 0.3) is 0 Å². The molecule has 0 amide bonds. The Hall–Kier alpha value is -1.14. The van der Waals surface area contributed by atoms with Crippen LogP contribution in [0, 0.1) is 5.82 Å². The van der Waals surface area contributed by atoms with E-state index in [0.29, 0.717) is 6.54 Å². The van der Waals surface area contributed by atoms with Crippen LogP contribution in [0.5, 0.6) is 5.75 Å². The molecule has 6 heteroatoms. The highest BCUT2D eigenvalue weighted by Crippen LogP contribution is 2.31. The van der Waals surface area contributed by atoms with Gasteiger partial charge in [-0.05, 0) is 31.9 Å². The second-order valence-corrected chi connectivity index (χ2v) is 6.61. The largest absolute Gasteiger partial charge is 0.495 e. The van der Waals surface area contributed by atoms with Crippen molar-refractivity contribution in [2.45, 2.75) is 37.1 Å². The lowest BCUT2D eigenvalue weighted by Crippen LogP contribution is -2.42. The molecule has 1 heterocycles. The van der Waals surface area contributed by atoms with Crippen LogP contribution in [-0.4, -0.2) is 32.4 Å². The third-order valence-electron chi connectivity index (χ3n) is 3.45. The maximum Gasteiger partial charge on any atom is 0.247 e. The highest BCUT2D eigenvalue weighted by atomic mass is 32.2. The van der Waals surface area contributed by atoms with Crippen molar-refractivity contribution < 1.29 is 17.5 Å². The van der Waals surface area contributed by atoms with Gasteiger partial charge in [-0.1, -0.05) is 6.42 Å². The maximum absolute atomic E-state index is 13.2. The summed E-state index contributed by atoms with van der Waals surface area (Å²) in [5.74, 6) is -0.458. The van der Waals surface area contributed by atoms with Gasteiger partial charge in [-0.3, -0.25) is 0 Å². The van der Waals surface area contributed by atoms with E-state index in [2.05, 4.69) is 0 Å². The number of piperidine rings is 1. The zero-order valence-electron chi connectivity index (χ0n) is 11.1. The molecule has 0 spiro atoms. The van der Waals surface area contributed by atoms with Crippen LogP contribution in [-0.2, 0) is 10.0 Å². The quantitative estimate of drug-likeness (QED) is 0.857. The van der Waals surface area contributed by atoms with Crippen LogP contribution in [0.15, 0.2) is 23.1 Å². The summed E-state index contributed by atoms with van der Waals surface area (Å²) in [6, 6.07) is 3.48. The molecule has 0 unspecified atom stereocenters. The molecule has 1 atom stereocenters. The van der Waals surface area contributed by atoms with Crippen molar-refractivity contribution >= 4 is 10.0 Å². The molecule has 0 aromatic heterocycles. The van der Waals surface area contributed by atoms with Crippen LogP contribution in [0.2, 0.25) is 0 Å². The highest BCUT2D eigenvalue weighted by molar-refractivity contribution is 7.89. The SMILES string of the molecule is COc1cc(F)ccc1S(=O)(=O)N1CCCC[C@H]1C. The van der Waals surface area contributed by atoms with Crippen LogP contribution < -0.4 is 4.74 Å². The van der Waals surface area contributed by atoms with E-state index >= 15 is 0 Å². The second-order valence-electron chi connectivity index (χ2n) is 4.76. The lowest BCUT2D eigenvalue weighted by Gasteiger charge is -2.32. The van der Waals surface area contributed by atoms with Crippen molar-refractivity contribution in [3.05, 3.63) is 24.0 Å². The molecule has 0 saturated carbocycles. The van der Waals surface area contributed by atoms with Gasteiger partial charge in [0.1, 0.15) is 16.5 Å². The van der Waals surface area contributed by atoms with Gasteiger partial charge in [-0.25, -0.2) is 12.8 Å². The predicted molar refractivity (Wildman–Crippen MR) is 70.2 cm³/mol. The van der Waals surface area contributed by atoms with Gasteiger partial charge in [0.2, 0.25) is 10.0 Å². The average molecular weight is 287 g/mol. The zero-order valence-corrected chi connectivity index (χ0v) is 11.9. The first kappa shape index (κ1) is 14.3. The Bertz CT molecular complexity index is 559. The molecule has 1 aromatic rings. The van der Waals surface area contributed by atoms with E-state index in [1.54, 1.807) is 0 Å². The molecular formula is C13H18FNO3S.